The number of nitrogens with two attached hydrogens (primary N) is 1. The fourth-order valence-electron chi connectivity index (χ4n) is 1.61. The molecule has 0 bridgehead atoms. The zero-order chi connectivity index (χ0) is 12.3. The first kappa shape index (κ1) is 12.3. The maximum atomic E-state index is 12.0. The Balaban J connectivity index is 2.04. The highest BCUT2D eigenvalue weighted by molar-refractivity contribution is 9.10. The van der Waals surface area contributed by atoms with Gasteiger partial charge in [-0.15, -0.1) is 0 Å². The van der Waals surface area contributed by atoms with Gasteiger partial charge in [0.15, 0.2) is 5.78 Å². The molecular weight excluding hydrogens is 298 g/mol. The average molecular weight is 310 g/mol. The lowest BCUT2D eigenvalue weighted by molar-refractivity contribution is 0.0983. The molecule has 0 aliphatic heterocycles. The molecule has 0 fully saturated rings. The number of anilines is 1. The van der Waals surface area contributed by atoms with E-state index in [2.05, 4.69) is 21.3 Å². The third kappa shape index (κ3) is 3.41. The monoisotopic (exact) mass is 309 g/mol. The Morgan fingerprint density at radius 2 is 2.18 bits per heavy atom. The molecule has 4 heteroatoms. The van der Waals surface area contributed by atoms with Crippen LogP contribution < -0.4 is 5.73 Å². The van der Waals surface area contributed by atoms with Crippen molar-refractivity contribution in [3.8, 4) is 0 Å². The minimum atomic E-state index is 0.129. The maximum absolute atomic E-state index is 12.0. The predicted molar refractivity (Wildman–Crippen MR) is 75.5 cm³/mol. The Morgan fingerprint density at radius 3 is 2.82 bits per heavy atom. The quantitative estimate of drug-likeness (QED) is 0.687. The van der Waals surface area contributed by atoms with Crippen molar-refractivity contribution in [2.24, 2.45) is 0 Å². The highest BCUT2D eigenvalue weighted by Gasteiger charge is 2.08. The van der Waals surface area contributed by atoms with Gasteiger partial charge in [-0.2, -0.15) is 11.3 Å². The largest absolute Gasteiger partial charge is 0.399 e. The van der Waals surface area contributed by atoms with Crippen LogP contribution in [0.1, 0.15) is 22.3 Å². The van der Waals surface area contributed by atoms with Crippen molar-refractivity contribution in [3.05, 3.63) is 50.6 Å². The van der Waals surface area contributed by atoms with Crippen LogP contribution in [0.3, 0.4) is 0 Å². The normalized spacial score (nSPS) is 10.4. The summed E-state index contributed by atoms with van der Waals surface area (Å²) in [6.45, 7) is 0. The van der Waals surface area contributed by atoms with Crippen LogP contribution in [0.5, 0.6) is 0 Å². The Labute approximate surface area is 113 Å². The van der Waals surface area contributed by atoms with E-state index in [1.165, 1.54) is 5.56 Å². The first-order valence-corrected chi connectivity index (χ1v) is 6.99. The van der Waals surface area contributed by atoms with E-state index in [0.29, 0.717) is 17.7 Å². The van der Waals surface area contributed by atoms with E-state index < -0.39 is 0 Å². The Bertz CT molecular complexity index is 502. The fraction of sp³-hybridized carbons (Fsp3) is 0.154. The molecular formula is C13H12BrNOS. The molecule has 0 aliphatic rings. The van der Waals surface area contributed by atoms with Gasteiger partial charge in [0.05, 0.1) is 0 Å². The SMILES string of the molecule is Nc1cc(Br)cc(C(=O)CCc2ccsc2)c1. The summed E-state index contributed by atoms with van der Waals surface area (Å²) in [6.07, 6.45) is 1.31. The Hall–Kier alpha value is -1.13. The van der Waals surface area contributed by atoms with E-state index in [1.807, 2.05) is 17.5 Å². The highest BCUT2D eigenvalue weighted by Crippen LogP contribution is 2.19. The number of carbonyl (C=O) groups is 1. The van der Waals surface area contributed by atoms with Crippen LogP contribution in [0.15, 0.2) is 39.5 Å². The molecule has 0 saturated carbocycles. The van der Waals surface area contributed by atoms with Gasteiger partial charge in [0.1, 0.15) is 0 Å². The summed E-state index contributed by atoms with van der Waals surface area (Å²) in [5.74, 6) is 0.129. The third-order valence-electron chi connectivity index (χ3n) is 2.46. The number of nitrogen functional groups attached to an aromatic ring is 1. The minimum Gasteiger partial charge on any atom is -0.399 e. The summed E-state index contributed by atoms with van der Waals surface area (Å²) in [5.41, 5.74) is 8.20. The van der Waals surface area contributed by atoms with Crippen LogP contribution in [-0.4, -0.2) is 5.78 Å². The molecule has 1 aromatic carbocycles. The number of hydrogen-bond acceptors (Lipinski definition) is 3. The van der Waals surface area contributed by atoms with Crippen molar-refractivity contribution >= 4 is 38.7 Å². The standard InChI is InChI=1S/C13H12BrNOS/c14-11-5-10(6-12(15)7-11)13(16)2-1-9-3-4-17-8-9/h3-8H,1-2,15H2. The molecule has 0 saturated heterocycles. The summed E-state index contributed by atoms with van der Waals surface area (Å²) in [5, 5.41) is 4.10. The van der Waals surface area contributed by atoms with Crippen LogP contribution in [-0.2, 0) is 6.42 Å². The summed E-state index contributed by atoms with van der Waals surface area (Å²) in [7, 11) is 0. The van der Waals surface area contributed by atoms with E-state index in [1.54, 1.807) is 23.5 Å². The van der Waals surface area contributed by atoms with Crippen molar-refractivity contribution in [2.75, 3.05) is 5.73 Å². The number of rotatable bonds is 4. The number of halogens is 1. The molecule has 0 spiro atoms. The molecule has 0 atom stereocenters. The molecule has 0 amide bonds. The van der Waals surface area contributed by atoms with Gasteiger partial charge in [-0.05, 0) is 47.0 Å². The van der Waals surface area contributed by atoms with Gasteiger partial charge < -0.3 is 5.73 Å². The second kappa shape index (κ2) is 5.47. The van der Waals surface area contributed by atoms with Gasteiger partial charge in [-0.3, -0.25) is 4.79 Å². The van der Waals surface area contributed by atoms with E-state index in [4.69, 9.17) is 5.73 Å². The van der Waals surface area contributed by atoms with Crippen LogP contribution in [0.2, 0.25) is 0 Å². The summed E-state index contributed by atoms with van der Waals surface area (Å²) in [6, 6.07) is 7.37. The number of hydrogen-bond donors (Lipinski definition) is 1. The minimum absolute atomic E-state index is 0.129. The second-order valence-corrected chi connectivity index (χ2v) is 5.52. The van der Waals surface area contributed by atoms with E-state index in [9.17, 15) is 4.79 Å². The molecule has 2 aromatic rings. The number of benzene rings is 1. The first-order valence-electron chi connectivity index (χ1n) is 5.25. The molecule has 0 radical (unpaired) electrons. The molecule has 2 rings (SSSR count). The molecule has 17 heavy (non-hydrogen) atoms. The van der Waals surface area contributed by atoms with E-state index in [0.717, 1.165) is 10.9 Å². The zero-order valence-electron chi connectivity index (χ0n) is 9.15. The van der Waals surface area contributed by atoms with Crippen molar-refractivity contribution in [1.29, 1.82) is 0 Å². The number of ketones is 1. The van der Waals surface area contributed by atoms with E-state index in [-0.39, 0.29) is 5.78 Å². The predicted octanol–water partition coefficient (Wildman–Crippen LogP) is 3.91. The van der Waals surface area contributed by atoms with Crippen LogP contribution >= 0.6 is 27.3 Å². The molecule has 88 valence electrons. The maximum Gasteiger partial charge on any atom is 0.163 e. The topological polar surface area (TPSA) is 43.1 Å². The molecule has 0 aliphatic carbocycles. The van der Waals surface area contributed by atoms with E-state index >= 15 is 0 Å². The zero-order valence-corrected chi connectivity index (χ0v) is 11.6. The Morgan fingerprint density at radius 1 is 1.35 bits per heavy atom. The lowest BCUT2D eigenvalue weighted by Gasteiger charge is -2.03. The van der Waals surface area contributed by atoms with Gasteiger partial charge in [0.2, 0.25) is 0 Å². The van der Waals surface area contributed by atoms with Gasteiger partial charge >= 0.3 is 0 Å². The number of aryl methyl sites for hydroxylation is 1. The summed E-state index contributed by atoms with van der Waals surface area (Å²) in [4.78, 5) is 12.0. The van der Waals surface area contributed by atoms with Crippen molar-refractivity contribution in [1.82, 2.24) is 0 Å². The van der Waals surface area contributed by atoms with Crippen molar-refractivity contribution < 1.29 is 4.79 Å². The average Bonchev–Trinajstić information content (AvgIpc) is 2.77. The summed E-state index contributed by atoms with van der Waals surface area (Å²) >= 11 is 4.99. The van der Waals surface area contributed by atoms with Crippen LogP contribution in [0.4, 0.5) is 5.69 Å². The molecule has 1 heterocycles. The molecule has 0 unspecified atom stereocenters. The molecule has 1 aromatic heterocycles. The first-order chi connectivity index (χ1) is 8.15. The van der Waals surface area contributed by atoms with Crippen molar-refractivity contribution in [3.63, 3.8) is 0 Å². The van der Waals surface area contributed by atoms with Crippen LogP contribution in [0, 0.1) is 0 Å². The van der Waals surface area contributed by atoms with Gasteiger partial charge in [0.25, 0.3) is 0 Å². The lowest BCUT2D eigenvalue weighted by atomic mass is 10.0. The molecule has 2 nitrogen and oxygen atoms in total. The smallest absolute Gasteiger partial charge is 0.163 e. The van der Waals surface area contributed by atoms with Crippen LogP contribution in [0.25, 0.3) is 0 Å². The van der Waals surface area contributed by atoms with Gasteiger partial charge in [-0.25, -0.2) is 0 Å². The highest BCUT2D eigenvalue weighted by atomic mass is 79.9. The Kier molecular flexibility index (Phi) is 3.97. The lowest BCUT2D eigenvalue weighted by Crippen LogP contribution is -2.02. The van der Waals surface area contributed by atoms with Crippen molar-refractivity contribution in [2.45, 2.75) is 12.8 Å². The number of thiophene rings is 1. The summed E-state index contributed by atoms with van der Waals surface area (Å²) < 4.78 is 0.844. The fourth-order valence-corrected chi connectivity index (χ4v) is 2.82. The third-order valence-corrected chi connectivity index (χ3v) is 3.65. The van der Waals surface area contributed by atoms with Gasteiger partial charge in [0, 0.05) is 22.1 Å². The second-order valence-electron chi connectivity index (χ2n) is 3.83. The molecule has 2 N–H and O–H groups in total. The van der Waals surface area contributed by atoms with Gasteiger partial charge in [-0.1, -0.05) is 15.9 Å². The number of carbonyl (C=O) groups excluding carboxylic acids is 1. The number of Topliss-reactive ketones (excluding diaryl/α,β-unsaturated/α-hetero) is 1.